The van der Waals surface area contributed by atoms with E-state index < -0.39 is 6.09 Å². The van der Waals surface area contributed by atoms with E-state index in [1.807, 2.05) is 19.1 Å². The molecule has 3 nitrogen and oxygen atoms in total. The first-order valence-electron chi connectivity index (χ1n) is 3.68. The number of ether oxygens (including phenoxy) is 1. The van der Waals surface area contributed by atoms with Crippen LogP contribution in [0.15, 0.2) is 24.3 Å². The molecule has 1 rings (SSSR count). The molecule has 1 amide bonds. The Labute approximate surface area is 83.5 Å². The highest BCUT2D eigenvalue weighted by Crippen LogP contribution is 2.11. The number of hydrogen-bond acceptors (Lipinski definition) is 2. The molecule has 0 unspecified atom stereocenters. The van der Waals surface area contributed by atoms with Gasteiger partial charge < -0.3 is 10.1 Å². The molecule has 1 aromatic carbocycles. The van der Waals surface area contributed by atoms with Gasteiger partial charge in [-0.05, 0) is 24.6 Å². The number of hydrogen-bond donors (Lipinski definition) is 1. The van der Waals surface area contributed by atoms with Crippen molar-refractivity contribution in [1.29, 1.82) is 0 Å². The molecule has 13 heavy (non-hydrogen) atoms. The Hall–Kier alpha value is -1.22. The van der Waals surface area contributed by atoms with Gasteiger partial charge in [0.1, 0.15) is 5.75 Å². The number of nitrogens with one attached hydrogen (secondary N) is 1. The summed E-state index contributed by atoms with van der Waals surface area (Å²) in [6.07, 6.45) is -0.444. The fourth-order valence-electron chi connectivity index (χ4n) is 0.837. The van der Waals surface area contributed by atoms with Gasteiger partial charge in [-0.25, -0.2) is 4.79 Å². The van der Waals surface area contributed by atoms with Crippen LogP contribution in [0.1, 0.15) is 5.56 Å². The van der Waals surface area contributed by atoms with E-state index >= 15 is 0 Å². The largest absolute Gasteiger partial charge is 0.412 e. The molecule has 72 valence electrons. The molecule has 0 saturated carbocycles. The van der Waals surface area contributed by atoms with Crippen LogP contribution in [-0.4, -0.2) is 13.1 Å². The van der Waals surface area contributed by atoms with Gasteiger partial charge in [-0.2, -0.15) is 0 Å². The topological polar surface area (TPSA) is 38.3 Å². The van der Waals surface area contributed by atoms with Crippen molar-refractivity contribution in [2.45, 2.75) is 6.92 Å². The fraction of sp³-hybridized carbons (Fsp3) is 0.222. The normalized spacial score (nSPS) is 8.46. The zero-order valence-corrected chi connectivity index (χ0v) is 8.35. The second kappa shape index (κ2) is 5.43. The Kier molecular flexibility index (Phi) is 4.92. The molecule has 0 aliphatic heterocycles. The third-order valence-corrected chi connectivity index (χ3v) is 1.40. The first-order chi connectivity index (χ1) is 5.72. The lowest BCUT2D eigenvalue weighted by molar-refractivity contribution is 0.203. The molecule has 0 aliphatic carbocycles. The van der Waals surface area contributed by atoms with Crippen LogP contribution in [0.25, 0.3) is 0 Å². The summed E-state index contributed by atoms with van der Waals surface area (Å²) in [4.78, 5) is 10.8. The molecule has 4 heteroatoms. The number of carbonyl (C=O) groups excluding carboxylic acids is 1. The lowest BCUT2D eigenvalue weighted by Gasteiger charge is -2.02. The molecule has 0 aliphatic rings. The maximum absolute atomic E-state index is 10.8. The van der Waals surface area contributed by atoms with Gasteiger partial charge in [0.2, 0.25) is 0 Å². The fourth-order valence-corrected chi connectivity index (χ4v) is 0.837. The second-order valence-electron chi connectivity index (χ2n) is 2.46. The van der Waals surface area contributed by atoms with Crippen LogP contribution in [0.3, 0.4) is 0 Å². The van der Waals surface area contributed by atoms with Crippen molar-refractivity contribution in [3.05, 3.63) is 29.8 Å². The minimum Gasteiger partial charge on any atom is -0.410 e. The third-order valence-electron chi connectivity index (χ3n) is 1.40. The number of carbonyl (C=O) groups is 1. The lowest BCUT2D eigenvalue weighted by Crippen LogP contribution is -2.21. The summed E-state index contributed by atoms with van der Waals surface area (Å²) in [7, 11) is 1.53. The average molecular weight is 202 g/mol. The third kappa shape index (κ3) is 3.80. The van der Waals surface area contributed by atoms with Crippen molar-refractivity contribution in [1.82, 2.24) is 5.32 Å². The summed E-state index contributed by atoms with van der Waals surface area (Å²) < 4.78 is 4.89. The first-order valence-corrected chi connectivity index (χ1v) is 3.68. The number of amides is 1. The second-order valence-corrected chi connectivity index (χ2v) is 2.46. The molecule has 0 heterocycles. The zero-order chi connectivity index (χ0) is 8.97. The highest BCUT2D eigenvalue weighted by Gasteiger charge is 1.99. The number of rotatable bonds is 1. The van der Waals surface area contributed by atoms with E-state index in [9.17, 15) is 4.79 Å². The van der Waals surface area contributed by atoms with Gasteiger partial charge in [-0.3, -0.25) is 0 Å². The van der Waals surface area contributed by atoms with Crippen LogP contribution in [0.4, 0.5) is 4.79 Å². The summed E-state index contributed by atoms with van der Waals surface area (Å²) in [6, 6.07) is 7.32. The van der Waals surface area contributed by atoms with Crippen LogP contribution < -0.4 is 10.1 Å². The summed E-state index contributed by atoms with van der Waals surface area (Å²) >= 11 is 0. The van der Waals surface area contributed by atoms with E-state index in [1.165, 1.54) is 7.05 Å². The molecule has 0 spiro atoms. The number of halogens is 1. The molecule has 0 atom stereocenters. The van der Waals surface area contributed by atoms with Crippen molar-refractivity contribution in [2.24, 2.45) is 0 Å². The highest BCUT2D eigenvalue weighted by atomic mass is 35.5. The van der Waals surface area contributed by atoms with Crippen molar-refractivity contribution >= 4 is 18.5 Å². The monoisotopic (exact) mass is 201 g/mol. The molecular formula is C9H12ClNO2. The quantitative estimate of drug-likeness (QED) is 0.756. The molecule has 0 radical (unpaired) electrons. The van der Waals surface area contributed by atoms with E-state index in [1.54, 1.807) is 12.1 Å². The smallest absolute Gasteiger partial charge is 0.410 e. The maximum atomic E-state index is 10.8. The van der Waals surface area contributed by atoms with E-state index in [0.717, 1.165) is 5.56 Å². The highest BCUT2D eigenvalue weighted by molar-refractivity contribution is 5.85. The molecule has 1 aromatic rings. The first kappa shape index (κ1) is 11.8. The average Bonchev–Trinajstić information content (AvgIpc) is 2.04. The van der Waals surface area contributed by atoms with Crippen LogP contribution in [0.5, 0.6) is 5.75 Å². The lowest BCUT2D eigenvalue weighted by atomic mass is 10.2. The van der Waals surface area contributed by atoms with Crippen molar-refractivity contribution in [3.63, 3.8) is 0 Å². The molecule has 0 fully saturated rings. The maximum Gasteiger partial charge on any atom is 0.412 e. The predicted octanol–water partition coefficient (Wildman–Crippen LogP) is 2.14. The Morgan fingerprint density at radius 3 is 2.69 bits per heavy atom. The molecular weight excluding hydrogens is 190 g/mol. The van der Waals surface area contributed by atoms with Crippen molar-refractivity contribution in [2.75, 3.05) is 7.05 Å². The number of benzene rings is 1. The van der Waals surface area contributed by atoms with E-state index in [2.05, 4.69) is 5.32 Å². The van der Waals surface area contributed by atoms with Gasteiger partial charge in [-0.15, -0.1) is 12.4 Å². The standard InChI is InChI=1S/C9H11NO2.ClH/c1-7-4-3-5-8(6-7)12-9(11)10-2;/h3-6H,1-2H3,(H,10,11);1H. The minimum atomic E-state index is -0.444. The summed E-state index contributed by atoms with van der Waals surface area (Å²) in [5.74, 6) is 0.564. The van der Waals surface area contributed by atoms with Crippen molar-refractivity contribution < 1.29 is 9.53 Å². The molecule has 0 saturated heterocycles. The van der Waals surface area contributed by atoms with E-state index in [-0.39, 0.29) is 12.4 Å². The summed E-state index contributed by atoms with van der Waals surface area (Å²) in [5.41, 5.74) is 1.07. The van der Waals surface area contributed by atoms with Gasteiger partial charge in [0.15, 0.2) is 0 Å². The molecule has 1 N–H and O–H groups in total. The van der Waals surface area contributed by atoms with Gasteiger partial charge in [0, 0.05) is 7.05 Å². The Balaban J connectivity index is 0.00000144. The SMILES string of the molecule is CNC(=O)Oc1cccc(C)c1.Cl. The predicted molar refractivity (Wildman–Crippen MR) is 53.5 cm³/mol. The molecule has 0 aromatic heterocycles. The summed E-state index contributed by atoms with van der Waals surface area (Å²) in [5, 5.41) is 2.37. The van der Waals surface area contributed by atoms with Gasteiger partial charge >= 0.3 is 6.09 Å². The van der Waals surface area contributed by atoms with Crippen LogP contribution in [-0.2, 0) is 0 Å². The van der Waals surface area contributed by atoms with Gasteiger partial charge in [0.05, 0.1) is 0 Å². The Bertz CT molecular complexity index is 289. The Morgan fingerprint density at radius 1 is 1.46 bits per heavy atom. The van der Waals surface area contributed by atoms with Crippen LogP contribution in [0, 0.1) is 6.92 Å². The summed E-state index contributed by atoms with van der Waals surface area (Å²) in [6.45, 7) is 1.94. The van der Waals surface area contributed by atoms with Crippen molar-refractivity contribution in [3.8, 4) is 5.75 Å². The minimum absolute atomic E-state index is 0. The molecule has 0 bridgehead atoms. The van der Waals surface area contributed by atoms with Gasteiger partial charge in [0.25, 0.3) is 0 Å². The van der Waals surface area contributed by atoms with Crippen LogP contribution >= 0.6 is 12.4 Å². The van der Waals surface area contributed by atoms with E-state index in [0.29, 0.717) is 5.75 Å². The van der Waals surface area contributed by atoms with Gasteiger partial charge in [-0.1, -0.05) is 12.1 Å². The number of aryl methyl sites for hydroxylation is 1. The van der Waals surface area contributed by atoms with E-state index in [4.69, 9.17) is 4.74 Å². The van der Waals surface area contributed by atoms with Crippen LogP contribution in [0.2, 0.25) is 0 Å². The Morgan fingerprint density at radius 2 is 2.15 bits per heavy atom. The zero-order valence-electron chi connectivity index (χ0n) is 7.53.